The van der Waals surface area contributed by atoms with Crippen LogP contribution in [0.25, 0.3) is 0 Å². The first kappa shape index (κ1) is 29.3. The molecule has 6 heteroatoms. The van der Waals surface area contributed by atoms with Crippen molar-refractivity contribution < 1.29 is 11.8 Å². The summed E-state index contributed by atoms with van der Waals surface area (Å²) in [6.07, 6.45) is 0. The molecule has 0 N–H and O–H groups in total. The molecule has 0 nitrogen and oxygen atoms in total. The zero-order chi connectivity index (χ0) is 7.15. The molecule has 11 heavy (non-hydrogen) atoms. The van der Waals surface area contributed by atoms with Crippen molar-refractivity contribution in [1.29, 1.82) is 0 Å². The van der Waals surface area contributed by atoms with Crippen molar-refractivity contribution in [3.63, 3.8) is 0 Å². The van der Waals surface area contributed by atoms with Gasteiger partial charge < -0.3 is 19.2 Å². The van der Waals surface area contributed by atoms with Crippen molar-refractivity contribution in [3.8, 4) is 0 Å². The molecule has 0 spiro atoms. The number of rotatable bonds is 0. The maximum atomic E-state index is 10.5. The Bertz CT molecular complexity index is 35.2. The Morgan fingerprint density at radius 2 is 0.909 bits per heavy atom. The first-order valence-corrected chi connectivity index (χ1v) is 8.24. The van der Waals surface area contributed by atoms with E-state index in [-0.39, 0.29) is 49.3 Å². The van der Waals surface area contributed by atoms with E-state index < -0.39 is 15.1 Å². The van der Waals surface area contributed by atoms with Gasteiger partial charge in [-0.25, -0.2) is 0 Å². The van der Waals surface area contributed by atoms with E-state index in [2.05, 4.69) is 17.4 Å². The van der Waals surface area contributed by atoms with Gasteiger partial charge in [0.25, 0.3) is 14.1 Å². The molecule has 0 atom stereocenters. The van der Waals surface area contributed by atoms with Gasteiger partial charge in [-0.1, -0.05) is 0 Å². The normalized spacial score (nSPS) is 4.91. The van der Waals surface area contributed by atoms with E-state index in [9.17, 15) is 7.05 Å². The van der Waals surface area contributed by atoms with Gasteiger partial charge in [0, 0.05) is 0 Å². The third-order valence-electron chi connectivity index (χ3n) is 0. The Morgan fingerprint density at radius 1 is 0.909 bits per heavy atom. The molecule has 0 amide bonds. The Hall–Kier alpha value is 1.62. The van der Waals surface area contributed by atoms with Crippen molar-refractivity contribution in [3.05, 3.63) is 7.43 Å². The smallest absolute Gasteiger partial charge is 1.00 e. The second-order valence-corrected chi connectivity index (χ2v) is 6.75. The first-order chi connectivity index (χ1) is 3.46. The van der Waals surface area contributed by atoms with E-state index in [1.165, 1.54) is 0 Å². The monoisotopic (exact) mass is 210 g/mol. The van der Waals surface area contributed by atoms with Gasteiger partial charge >= 0.3 is 38.1 Å². The Morgan fingerprint density at radius 3 is 0.909 bits per heavy atom. The summed E-state index contributed by atoms with van der Waals surface area (Å²) in [5, 5.41) is 0. The van der Waals surface area contributed by atoms with Gasteiger partial charge in [-0.3, -0.25) is 0 Å². The van der Waals surface area contributed by atoms with Crippen molar-refractivity contribution in [2.24, 2.45) is 0 Å². The summed E-state index contributed by atoms with van der Waals surface area (Å²) < 4.78 is 20.9. The molecule has 0 aromatic rings. The van der Waals surface area contributed by atoms with Gasteiger partial charge in [0.1, 0.15) is 0 Å². The van der Waals surface area contributed by atoms with Crippen LogP contribution in [-0.2, 0) is 0 Å². The molecule has 0 aliphatic rings. The van der Waals surface area contributed by atoms with Crippen LogP contribution in [-0.4, -0.2) is 52.3 Å². The second kappa shape index (κ2) is 22.6. The van der Waals surface area contributed by atoms with E-state index >= 15 is 0 Å². The Balaban J connectivity index is -0.0000000171. The fourth-order valence-electron chi connectivity index (χ4n) is 0. The molecule has 0 aromatic heterocycles. The number of hydrogen-bond donors (Lipinski definition) is 0. The Labute approximate surface area is 94.0 Å². The molecular weight excluding hydrogens is 195 g/mol. The summed E-state index contributed by atoms with van der Waals surface area (Å²) in [6.45, 7) is 0. The molecule has 0 aliphatic carbocycles. The summed E-state index contributed by atoms with van der Waals surface area (Å²) in [5.74, 6) is 7.89. The fourth-order valence-corrected chi connectivity index (χ4v) is 0. The van der Waals surface area contributed by atoms with E-state index in [1.54, 1.807) is 0 Å². The maximum Gasteiger partial charge on any atom is 2.00 e. The van der Waals surface area contributed by atoms with E-state index in [0.717, 1.165) is 5.79 Å². The van der Waals surface area contributed by atoms with Crippen LogP contribution in [0.1, 0.15) is 0 Å². The van der Waals surface area contributed by atoms with Crippen LogP contribution >= 0.6 is 0 Å². The van der Waals surface area contributed by atoms with Crippen LogP contribution in [0.3, 0.4) is 0 Å². The quantitative estimate of drug-likeness (QED) is 0.373. The summed E-state index contributed by atoms with van der Waals surface area (Å²) in [4.78, 5) is 0. The molecule has 64 valence electrons. The number of hydrogen-bond acceptors (Lipinski definition) is 0. The third kappa shape index (κ3) is 409. The predicted octanol–water partition coefficient (Wildman–Crippen LogP) is -0.513. The standard InChI is InChI=1S/5CH3.2Al.3FH.Mg/h5*1H3;;;3*1H;/q;;;;-1;;+2;;;;+2/p-3. The Kier molecular flexibility index (Phi) is 60.2. The maximum absolute atomic E-state index is 10.5. The van der Waals surface area contributed by atoms with Crippen molar-refractivity contribution in [2.45, 2.75) is 23.1 Å². The minimum atomic E-state index is -3.14. The zero-order valence-corrected chi connectivity index (χ0v) is 11.7. The van der Waals surface area contributed by atoms with E-state index in [1.807, 2.05) is 0 Å². The number of halogens is 3. The van der Waals surface area contributed by atoms with Crippen LogP contribution in [0, 0.1) is 7.43 Å². The summed E-state index contributed by atoms with van der Waals surface area (Å²) in [5.41, 5.74) is 0. The average Bonchev–Trinajstić information content (AvgIpc) is 1.25. The van der Waals surface area contributed by atoms with Crippen molar-refractivity contribution in [2.75, 3.05) is 0 Å². The van der Waals surface area contributed by atoms with Gasteiger partial charge in [0.15, 0.2) is 0 Å². The predicted molar refractivity (Wildman–Crippen MR) is 49.3 cm³/mol. The fraction of sp³-hybridized carbons (Fsp3) is 0.800. The largest absolute Gasteiger partial charge is 2.00 e. The molecule has 0 saturated heterocycles. The average molecular weight is 210 g/mol. The molecule has 0 saturated carbocycles. The van der Waals surface area contributed by atoms with Crippen molar-refractivity contribution in [1.82, 2.24) is 0 Å². The van der Waals surface area contributed by atoms with Crippen molar-refractivity contribution >= 4 is 52.3 Å². The van der Waals surface area contributed by atoms with Gasteiger partial charge in [-0.2, -0.15) is 0 Å². The minimum Gasteiger partial charge on any atom is -1.00 e. The summed E-state index contributed by atoms with van der Waals surface area (Å²) in [6, 6.07) is 0. The molecule has 0 aromatic carbocycles. The van der Waals surface area contributed by atoms with Gasteiger partial charge in [-0.05, 0) is 5.79 Å². The van der Waals surface area contributed by atoms with Crippen LogP contribution in [0.5, 0.6) is 0 Å². The van der Waals surface area contributed by atoms with Crippen LogP contribution in [0.4, 0.5) is 7.05 Å². The first-order valence-electron chi connectivity index (χ1n) is 2.75. The molecular formula is C5H15Al2F3Mg. The summed E-state index contributed by atoms with van der Waals surface area (Å²) in [7, 11) is 0. The molecule has 0 radical (unpaired) electrons. The van der Waals surface area contributed by atoms with Gasteiger partial charge in [0.2, 0.25) is 0 Å². The third-order valence-corrected chi connectivity index (χ3v) is 0. The van der Waals surface area contributed by atoms with E-state index in [0.29, 0.717) is 0 Å². The van der Waals surface area contributed by atoms with Crippen LogP contribution < -0.4 is 4.70 Å². The molecule has 0 bridgehead atoms. The second-order valence-electron chi connectivity index (χ2n) is 2.25. The summed E-state index contributed by atoms with van der Waals surface area (Å²) >= 11 is -3.28. The molecule has 0 heterocycles. The molecule has 0 unspecified atom stereocenters. The molecule has 0 aliphatic heterocycles. The topological polar surface area (TPSA) is 0 Å². The molecule has 0 rings (SSSR count). The zero-order valence-electron chi connectivity index (χ0n) is 8.00. The SMILES string of the molecule is [CH3-].[CH3][Al]([CH3])[CH3].[CH3][Al]([F])[F].[F-].[Mg+2]. The van der Waals surface area contributed by atoms with Gasteiger partial charge in [-0.15, -0.1) is 17.4 Å². The van der Waals surface area contributed by atoms with Gasteiger partial charge in [0.05, 0.1) is 0 Å². The van der Waals surface area contributed by atoms with Crippen LogP contribution in [0.2, 0.25) is 23.1 Å². The minimum absolute atomic E-state index is 0. The van der Waals surface area contributed by atoms with E-state index in [4.69, 9.17) is 0 Å². The van der Waals surface area contributed by atoms with Crippen LogP contribution in [0.15, 0.2) is 0 Å². The molecule has 0 fully saturated rings.